The van der Waals surface area contributed by atoms with Gasteiger partial charge in [0, 0.05) is 5.69 Å². The van der Waals surface area contributed by atoms with Gasteiger partial charge in [-0.05, 0) is 55.4 Å². The first-order valence-electron chi connectivity index (χ1n) is 6.56. The highest BCUT2D eigenvalue weighted by atomic mass is 15.1. The second-order valence-corrected chi connectivity index (χ2v) is 5.98. The molecular formula is C15H23N3. The predicted octanol–water partition coefficient (Wildman–Crippen LogP) is 3.22. The Morgan fingerprint density at radius 1 is 1.33 bits per heavy atom. The zero-order chi connectivity index (χ0) is 13.3. The molecule has 1 aromatic carbocycles. The van der Waals surface area contributed by atoms with E-state index in [9.17, 15) is 0 Å². The van der Waals surface area contributed by atoms with Gasteiger partial charge in [0.1, 0.15) is 0 Å². The average molecular weight is 245 g/mol. The molecule has 1 aromatic rings. The molecule has 1 aliphatic rings. The van der Waals surface area contributed by atoms with E-state index in [0.717, 1.165) is 12.1 Å². The van der Waals surface area contributed by atoms with Crippen molar-refractivity contribution in [2.45, 2.75) is 46.6 Å². The number of benzene rings is 1. The van der Waals surface area contributed by atoms with Gasteiger partial charge in [-0.2, -0.15) is 0 Å². The Morgan fingerprint density at radius 3 is 2.56 bits per heavy atom. The summed E-state index contributed by atoms with van der Waals surface area (Å²) >= 11 is 0. The summed E-state index contributed by atoms with van der Waals surface area (Å²) in [6.07, 6.45) is 2.38. The zero-order valence-electron chi connectivity index (χ0n) is 11.7. The molecule has 0 spiro atoms. The van der Waals surface area contributed by atoms with Gasteiger partial charge in [0.15, 0.2) is 5.96 Å². The molecule has 3 N–H and O–H groups in total. The van der Waals surface area contributed by atoms with Crippen LogP contribution in [0.25, 0.3) is 0 Å². The first kappa shape index (κ1) is 12.9. The van der Waals surface area contributed by atoms with Gasteiger partial charge in [-0.3, -0.25) is 0 Å². The topological polar surface area (TPSA) is 50.4 Å². The minimum atomic E-state index is 0.301. The van der Waals surface area contributed by atoms with Crippen LogP contribution in [0.4, 0.5) is 5.69 Å². The molecule has 0 aliphatic heterocycles. The lowest BCUT2D eigenvalue weighted by molar-refractivity contribution is 0.145. The highest BCUT2D eigenvalue weighted by Gasteiger charge is 2.38. The van der Waals surface area contributed by atoms with E-state index in [4.69, 9.17) is 5.73 Å². The second-order valence-electron chi connectivity index (χ2n) is 5.98. The Hall–Kier alpha value is -1.51. The molecule has 18 heavy (non-hydrogen) atoms. The molecule has 1 atom stereocenters. The fraction of sp³-hybridized carbons (Fsp3) is 0.533. The molecule has 3 heteroatoms. The quantitative estimate of drug-likeness (QED) is 0.621. The van der Waals surface area contributed by atoms with Crippen molar-refractivity contribution in [3.8, 4) is 0 Å². The third-order valence-electron chi connectivity index (χ3n) is 4.04. The van der Waals surface area contributed by atoms with Crippen LogP contribution in [0.15, 0.2) is 23.2 Å². The second kappa shape index (κ2) is 4.63. The van der Waals surface area contributed by atoms with Crippen molar-refractivity contribution in [3.05, 3.63) is 29.3 Å². The van der Waals surface area contributed by atoms with E-state index >= 15 is 0 Å². The third kappa shape index (κ3) is 2.66. The van der Waals surface area contributed by atoms with E-state index in [0.29, 0.717) is 17.4 Å². The number of guanidine groups is 1. The standard InChI is InChI=1S/C15H23N3/c1-10-5-6-12(9-11(10)2)17-14(16)18-13-7-8-15(13,3)4/h5-6,9,13H,7-8H2,1-4H3,(H3,16,17,18). The zero-order valence-corrected chi connectivity index (χ0v) is 11.7. The van der Waals surface area contributed by atoms with Crippen LogP contribution in [0.1, 0.15) is 37.8 Å². The fourth-order valence-corrected chi connectivity index (χ4v) is 2.26. The van der Waals surface area contributed by atoms with Crippen LogP contribution < -0.4 is 11.1 Å². The lowest BCUT2D eigenvalue weighted by Crippen LogP contribution is -2.40. The molecule has 0 saturated heterocycles. The summed E-state index contributed by atoms with van der Waals surface area (Å²) in [5.74, 6) is 0.524. The maximum atomic E-state index is 5.96. The van der Waals surface area contributed by atoms with E-state index < -0.39 is 0 Å². The Bertz CT molecular complexity index is 475. The molecule has 2 rings (SSSR count). The molecule has 1 fully saturated rings. The third-order valence-corrected chi connectivity index (χ3v) is 4.04. The molecule has 0 radical (unpaired) electrons. The summed E-state index contributed by atoms with van der Waals surface area (Å²) in [6, 6.07) is 6.59. The van der Waals surface area contributed by atoms with Crippen LogP contribution in [0.3, 0.4) is 0 Å². The van der Waals surface area contributed by atoms with E-state index in [1.165, 1.54) is 17.5 Å². The molecule has 1 unspecified atom stereocenters. The van der Waals surface area contributed by atoms with Crippen molar-refractivity contribution >= 4 is 11.6 Å². The number of aryl methyl sites for hydroxylation is 2. The number of nitrogens with two attached hydrogens (primary N) is 1. The molecule has 1 saturated carbocycles. The van der Waals surface area contributed by atoms with Crippen molar-refractivity contribution in [2.75, 3.05) is 5.32 Å². The normalized spacial score (nSPS) is 22.4. The van der Waals surface area contributed by atoms with Crippen molar-refractivity contribution in [1.29, 1.82) is 0 Å². The Labute approximate surface area is 109 Å². The summed E-state index contributed by atoms with van der Waals surface area (Å²) in [7, 11) is 0. The van der Waals surface area contributed by atoms with Crippen LogP contribution in [-0.2, 0) is 0 Å². The summed E-state index contributed by atoms with van der Waals surface area (Å²) < 4.78 is 0. The van der Waals surface area contributed by atoms with Gasteiger partial charge >= 0.3 is 0 Å². The largest absolute Gasteiger partial charge is 0.370 e. The molecular weight excluding hydrogens is 222 g/mol. The van der Waals surface area contributed by atoms with Crippen LogP contribution in [0, 0.1) is 19.3 Å². The number of aliphatic imine (C=N–C) groups is 1. The number of nitrogens with zero attached hydrogens (tertiary/aromatic N) is 1. The van der Waals surface area contributed by atoms with Gasteiger partial charge in [-0.25, -0.2) is 4.99 Å². The van der Waals surface area contributed by atoms with Gasteiger partial charge in [0.2, 0.25) is 0 Å². The van der Waals surface area contributed by atoms with Crippen molar-refractivity contribution in [2.24, 2.45) is 16.1 Å². The van der Waals surface area contributed by atoms with Crippen LogP contribution >= 0.6 is 0 Å². The fourth-order valence-electron chi connectivity index (χ4n) is 2.26. The number of nitrogens with one attached hydrogen (secondary N) is 1. The van der Waals surface area contributed by atoms with Crippen LogP contribution in [-0.4, -0.2) is 12.0 Å². The maximum absolute atomic E-state index is 5.96. The van der Waals surface area contributed by atoms with E-state index in [1.54, 1.807) is 0 Å². The van der Waals surface area contributed by atoms with Crippen LogP contribution in [0.5, 0.6) is 0 Å². The summed E-state index contributed by atoms with van der Waals surface area (Å²) in [6.45, 7) is 8.69. The SMILES string of the molecule is Cc1ccc(NC(N)=NC2CCC2(C)C)cc1C. The molecule has 0 amide bonds. The lowest BCUT2D eigenvalue weighted by Gasteiger charge is -2.41. The van der Waals surface area contributed by atoms with Crippen LogP contribution in [0.2, 0.25) is 0 Å². The molecule has 0 aromatic heterocycles. The minimum Gasteiger partial charge on any atom is -0.370 e. The highest BCUT2D eigenvalue weighted by Crippen LogP contribution is 2.42. The summed E-state index contributed by atoms with van der Waals surface area (Å²) in [5.41, 5.74) is 9.82. The number of rotatable bonds is 2. The van der Waals surface area contributed by atoms with E-state index in [-0.39, 0.29) is 0 Å². The molecule has 3 nitrogen and oxygen atoms in total. The smallest absolute Gasteiger partial charge is 0.193 e. The van der Waals surface area contributed by atoms with Gasteiger partial charge in [-0.1, -0.05) is 19.9 Å². The molecule has 0 bridgehead atoms. The molecule has 1 aliphatic carbocycles. The van der Waals surface area contributed by atoms with Crippen molar-refractivity contribution < 1.29 is 0 Å². The molecule has 98 valence electrons. The number of anilines is 1. The highest BCUT2D eigenvalue weighted by molar-refractivity contribution is 5.92. The van der Waals surface area contributed by atoms with Crippen molar-refractivity contribution in [1.82, 2.24) is 0 Å². The Morgan fingerprint density at radius 2 is 2.06 bits per heavy atom. The monoisotopic (exact) mass is 245 g/mol. The van der Waals surface area contributed by atoms with E-state index in [1.807, 2.05) is 6.07 Å². The first-order chi connectivity index (χ1) is 8.38. The maximum Gasteiger partial charge on any atom is 0.193 e. The van der Waals surface area contributed by atoms with E-state index in [2.05, 4.69) is 50.1 Å². The van der Waals surface area contributed by atoms with Gasteiger partial charge in [0.05, 0.1) is 6.04 Å². The Balaban J connectivity index is 2.04. The predicted molar refractivity (Wildman–Crippen MR) is 78.0 cm³/mol. The minimum absolute atomic E-state index is 0.301. The average Bonchev–Trinajstić information content (AvgIpc) is 2.30. The summed E-state index contributed by atoms with van der Waals surface area (Å²) in [5, 5.41) is 3.17. The van der Waals surface area contributed by atoms with Gasteiger partial charge in [-0.15, -0.1) is 0 Å². The lowest BCUT2D eigenvalue weighted by atomic mass is 9.68. The number of hydrogen-bond acceptors (Lipinski definition) is 1. The van der Waals surface area contributed by atoms with Crippen molar-refractivity contribution in [3.63, 3.8) is 0 Å². The summed E-state index contributed by atoms with van der Waals surface area (Å²) in [4.78, 5) is 4.57. The molecule has 0 heterocycles. The Kier molecular flexibility index (Phi) is 3.33. The number of hydrogen-bond donors (Lipinski definition) is 2. The first-order valence-corrected chi connectivity index (χ1v) is 6.56. The van der Waals surface area contributed by atoms with Gasteiger partial charge < -0.3 is 11.1 Å². The van der Waals surface area contributed by atoms with Gasteiger partial charge in [0.25, 0.3) is 0 Å².